The molecule has 1 aliphatic rings. The van der Waals surface area contributed by atoms with Gasteiger partial charge in [-0.05, 0) is 41.6 Å². The fourth-order valence-electron chi connectivity index (χ4n) is 3.27. The summed E-state index contributed by atoms with van der Waals surface area (Å²) in [5.74, 6) is 0.420. The third-order valence-electron chi connectivity index (χ3n) is 4.81. The quantitative estimate of drug-likeness (QED) is 0.751. The molecule has 2 amide bonds. The van der Waals surface area contributed by atoms with Crippen LogP contribution in [-0.4, -0.2) is 56.1 Å². The highest BCUT2D eigenvalue weighted by Crippen LogP contribution is 2.22. The number of hydrogen-bond donors (Lipinski definition) is 1. The van der Waals surface area contributed by atoms with Crippen LogP contribution >= 0.6 is 0 Å². The summed E-state index contributed by atoms with van der Waals surface area (Å²) in [5, 5.41) is 14.8. The number of nitrogens with one attached hydrogen (secondary N) is 1. The molecule has 0 saturated carbocycles. The number of nitrogens with zero attached hydrogens (tertiary/aromatic N) is 5. The van der Waals surface area contributed by atoms with Gasteiger partial charge in [0.05, 0.1) is 5.69 Å². The number of rotatable bonds is 3. The summed E-state index contributed by atoms with van der Waals surface area (Å²) in [6.07, 6.45) is 0.308. The first-order chi connectivity index (χ1) is 13.6. The second kappa shape index (κ2) is 7.59. The predicted octanol–water partition coefficient (Wildman–Crippen LogP) is 1.68. The van der Waals surface area contributed by atoms with Crippen LogP contribution in [0.2, 0.25) is 0 Å². The van der Waals surface area contributed by atoms with Crippen molar-refractivity contribution in [3.63, 3.8) is 0 Å². The molecule has 2 aromatic carbocycles. The van der Waals surface area contributed by atoms with Crippen LogP contribution < -0.4 is 5.32 Å². The van der Waals surface area contributed by atoms with Crippen molar-refractivity contribution in [3.8, 4) is 17.1 Å². The molecule has 8 heteroatoms. The molecule has 0 radical (unpaired) electrons. The largest absolute Gasteiger partial charge is 0.354 e. The molecule has 1 atom stereocenters. The molecular weight excluding hydrogens is 356 g/mol. The average Bonchev–Trinajstić information content (AvgIpc) is 3.16. The Morgan fingerprint density at radius 1 is 1.14 bits per heavy atom. The van der Waals surface area contributed by atoms with Crippen molar-refractivity contribution in [1.29, 1.82) is 0 Å². The van der Waals surface area contributed by atoms with E-state index in [2.05, 4.69) is 20.8 Å². The first-order valence-electron chi connectivity index (χ1n) is 9.15. The minimum atomic E-state index is -0.107. The van der Waals surface area contributed by atoms with E-state index >= 15 is 0 Å². The molecular formula is C20H20N6O2. The highest BCUT2D eigenvalue weighted by molar-refractivity contribution is 5.96. The summed E-state index contributed by atoms with van der Waals surface area (Å²) in [7, 11) is 0. The Labute approximate surface area is 162 Å². The zero-order valence-electron chi connectivity index (χ0n) is 15.4. The van der Waals surface area contributed by atoms with E-state index in [-0.39, 0.29) is 17.9 Å². The van der Waals surface area contributed by atoms with Gasteiger partial charge in [0.15, 0.2) is 5.82 Å². The lowest BCUT2D eigenvalue weighted by Crippen LogP contribution is -2.41. The van der Waals surface area contributed by atoms with Crippen LogP contribution in [0, 0.1) is 0 Å². The van der Waals surface area contributed by atoms with Gasteiger partial charge in [0.25, 0.3) is 5.91 Å². The van der Waals surface area contributed by atoms with Crippen LogP contribution in [-0.2, 0) is 4.79 Å². The lowest BCUT2D eigenvalue weighted by atomic mass is 10.1. The summed E-state index contributed by atoms with van der Waals surface area (Å²) in [6, 6.07) is 16.8. The molecule has 0 aliphatic carbocycles. The van der Waals surface area contributed by atoms with Gasteiger partial charge in [-0.15, -0.1) is 5.10 Å². The van der Waals surface area contributed by atoms with Crippen LogP contribution in [0.25, 0.3) is 17.1 Å². The van der Waals surface area contributed by atoms with Gasteiger partial charge in [-0.25, -0.2) is 0 Å². The Kier molecular flexibility index (Phi) is 4.84. The maximum absolute atomic E-state index is 13.1. The van der Waals surface area contributed by atoms with Crippen molar-refractivity contribution in [2.24, 2.45) is 0 Å². The summed E-state index contributed by atoms with van der Waals surface area (Å²) in [5.41, 5.74) is 2.13. The minimum absolute atomic E-state index is 0.0297. The van der Waals surface area contributed by atoms with Gasteiger partial charge in [0.2, 0.25) is 5.91 Å². The predicted molar refractivity (Wildman–Crippen MR) is 103 cm³/mol. The van der Waals surface area contributed by atoms with Crippen LogP contribution in [0.3, 0.4) is 0 Å². The SMILES string of the molecule is C[C@@H]1CNC(=O)CCN1C(=O)c1cccc(-c2nnnn2-c2ccccc2)c1. The fourth-order valence-corrected chi connectivity index (χ4v) is 3.27. The molecule has 0 unspecified atom stereocenters. The number of para-hydroxylation sites is 1. The summed E-state index contributed by atoms with van der Waals surface area (Å²) in [4.78, 5) is 26.4. The number of aromatic nitrogens is 4. The van der Waals surface area contributed by atoms with Gasteiger partial charge in [0.1, 0.15) is 0 Å². The van der Waals surface area contributed by atoms with E-state index in [1.54, 1.807) is 21.7 Å². The lowest BCUT2D eigenvalue weighted by molar-refractivity contribution is -0.120. The molecule has 1 fully saturated rings. The van der Waals surface area contributed by atoms with Gasteiger partial charge in [-0.3, -0.25) is 9.59 Å². The van der Waals surface area contributed by atoms with Gasteiger partial charge in [0, 0.05) is 36.7 Å². The van der Waals surface area contributed by atoms with Crippen molar-refractivity contribution in [1.82, 2.24) is 30.4 Å². The van der Waals surface area contributed by atoms with E-state index in [4.69, 9.17) is 0 Å². The van der Waals surface area contributed by atoms with Crippen LogP contribution in [0.4, 0.5) is 0 Å². The molecule has 0 bridgehead atoms. The van der Waals surface area contributed by atoms with Gasteiger partial charge in [-0.2, -0.15) is 4.68 Å². The molecule has 2 heterocycles. The topological polar surface area (TPSA) is 93.0 Å². The van der Waals surface area contributed by atoms with Crippen molar-refractivity contribution in [3.05, 3.63) is 60.2 Å². The number of benzene rings is 2. The first-order valence-corrected chi connectivity index (χ1v) is 9.15. The Morgan fingerprint density at radius 3 is 2.79 bits per heavy atom. The Bertz CT molecular complexity index is 1000. The first kappa shape index (κ1) is 17.8. The maximum Gasteiger partial charge on any atom is 0.254 e. The Balaban J connectivity index is 1.65. The van der Waals surface area contributed by atoms with Gasteiger partial charge >= 0.3 is 0 Å². The molecule has 8 nitrogen and oxygen atoms in total. The van der Waals surface area contributed by atoms with Crippen molar-refractivity contribution < 1.29 is 9.59 Å². The van der Waals surface area contributed by atoms with Gasteiger partial charge in [-0.1, -0.05) is 30.3 Å². The fraction of sp³-hybridized carbons (Fsp3) is 0.250. The Hall–Kier alpha value is -3.55. The number of hydrogen-bond acceptors (Lipinski definition) is 5. The molecule has 1 N–H and O–H groups in total. The van der Waals surface area contributed by atoms with Crippen LogP contribution in [0.5, 0.6) is 0 Å². The second-order valence-electron chi connectivity index (χ2n) is 6.73. The van der Waals surface area contributed by atoms with Gasteiger partial charge < -0.3 is 10.2 Å². The number of carbonyl (C=O) groups is 2. The summed E-state index contributed by atoms with van der Waals surface area (Å²) >= 11 is 0. The number of tetrazole rings is 1. The molecule has 4 rings (SSSR count). The van der Waals surface area contributed by atoms with E-state index in [1.807, 2.05) is 49.4 Å². The average molecular weight is 376 g/mol. The molecule has 1 aliphatic heterocycles. The number of carbonyl (C=O) groups excluding carboxylic acids is 2. The smallest absolute Gasteiger partial charge is 0.254 e. The molecule has 142 valence electrons. The maximum atomic E-state index is 13.1. The highest BCUT2D eigenvalue weighted by Gasteiger charge is 2.25. The molecule has 1 saturated heterocycles. The second-order valence-corrected chi connectivity index (χ2v) is 6.73. The summed E-state index contributed by atoms with van der Waals surface area (Å²) in [6.45, 7) is 2.79. The zero-order chi connectivity index (χ0) is 19.5. The summed E-state index contributed by atoms with van der Waals surface area (Å²) < 4.78 is 1.64. The van der Waals surface area contributed by atoms with E-state index in [0.717, 1.165) is 11.3 Å². The standard InChI is InChI=1S/C20H20N6O2/c1-14-13-21-18(27)10-11-25(14)20(28)16-7-5-6-15(12-16)19-22-23-24-26(19)17-8-3-2-4-9-17/h2-9,12,14H,10-11,13H2,1H3,(H,21,27)/t14-/m1/s1. The number of amides is 2. The zero-order valence-corrected chi connectivity index (χ0v) is 15.4. The van der Waals surface area contributed by atoms with Crippen molar-refractivity contribution in [2.75, 3.05) is 13.1 Å². The van der Waals surface area contributed by atoms with E-state index in [0.29, 0.717) is 30.9 Å². The highest BCUT2D eigenvalue weighted by atomic mass is 16.2. The van der Waals surface area contributed by atoms with E-state index < -0.39 is 0 Å². The molecule has 3 aromatic rings. The molecule has 0 spiro atoms. The van der Waals surface area contributed by atoms with E-state index in [9.17, 15) is 9.59 Å². The molecule has 28 heavy (non-hydrogen) atoms. The minimum Gasteiger partial charge on any atom is -0.354 e. The third kappa shape index (κ3) is 3.48. The van der Waals surface area contributed by atoms with Crippen molar-refractivity contribution >= 4 is 11.8 Å². The monoisotopic (exact) mass is 376 g/mol. The normalized spacial score (nSPS) is 17.1. The third-order valence-corrected chi connectivity index (χ3v) is 4.81. The molecule has 1 aromatic heterocycles. The van der Waals surface area contributed by atoms with Crippen LogP contribution in [0.1, 0.15) is 23.7 Å². The van der Waals surface area contributed by atoms with Crippen LogP contribution in [0.15, 0.2) is 54.6 Å². The van der Waals surface area contributed by atoms with E-state index in [1.165, 1.54) is 0 Å². The van der Waals surface area contributed by atoms with Crippen molar-refractivity contribution in [2.45, 2.75) is 19.4 Å². The Morgan fingerprint density at radius 2 is 1.96 bits per heavy atom. The lowest BCUT2D eigenvalue weighted by Gasteiger charge is -2.26.